The predicted octanol–water partition coefficient (Wildman–Crippen LogP) is 2.62. The highest BCUT2D eigenvalue weighted by molar-refractivity contribution is 5.83. The van der Waals surface area contributed by atoms with Crippen LogP contribution in [0.3, 0.4) is 0 Å². The van der Waals surface area contributed by atoms with Gasteiger partial charge in [0.2, 0.25) is 5.91 Å². The Hall–Kier alpha value is -1.39. The van der Waals surface area contributed by atoms with Crippen molar-refractivity contribution in [2.75, 3.05) is 6.54 Å². The molecule has 2 fully saturated rings. The number of hydrogen-bond acceptors (Lipinski definition) is 3. The van der Waals surface area contributed by atoms with Gasteiger partial charge in [0.05, 0.1) is 0 Å². The summed E-state index contributed by atoms with van der Waals surface area (Å²) in [5.41, 5.74) is 6.87. The summed E-state index contributed by atoms with van der Waals surface area (Å²) in [4.78, 5) is 15.0. The molecule has 0 saturated heterocycles. The van der Waals surface area contributed by atoms with Gasteiger partial charge in [-0.15, -0.1) is 0 Å². The number of amides is 1. The highest BCUT2D eigenvalue weighted by atomic mass is 16.3. The van der Waals surface area contributed by atoms with E-state index in [0.717, 1.165) is 19.4 Å². The molecular formula is C19H28N2O2. The summed E-state index contributed by atoms with van der Waals surface area (Å²) in [7, 11) is 0. The molecule has 2 aliphatic carbocycles. The number of nitrogens with two attached hydrogens (primary N) is 1. The first kappa shape index (κ1) is 16.5. The average molecular weight is 316 g/mol. The molecule has 0 radical (unpaired) electrons. The van der Waals surface area contributed by atoms with Gasteiger partial charge in [0.1, 0.15) is 12.1 Å². The van der Waals surface area contributed by atoms with Crippen molar-refractivity contribution in [3.05, 3.63) is 35.9 Å². The van der Waals surface area contributed by atoms with Crippen molar-refractivity contribution in [3.63, 3.8) is 0 Å². The van der Waals surface area contributed by atoms with Gasteiger partial charge >= 0.3 is 0 Å². The highest BCUT2D eigenvalue weighted by Crippen LogP contribution is 2.33. The predicted molar refractivity (Wildman–Crippen MR) is 90.7 cm³/mol. The largest absolute Gasteiger partial charge is 0.386 e. The summed E-state index contributed by atoms with van der Waals surface area (Å²) in [6, 6.07) is 8.69. The fourth-order valence-corrected chi connectivity index (χ4v) is 3.57. The SMILES string of the molecule is N[C@H](C(=O)N(CC1CC1)C1CCCCC1)[C@H](O)c1ccccc1. The van der Waals surface area contributed by atoms with Gasteiger partial charge in [0.25, 0.3) is 0 Å². The Bertz CT molecular complexity index is 509. The molecule has 0 unspecified atom stereocenters. The van der Waals surface area contributed by atoms with E-state index in [4.69, 9.17) is 5.73 Å². The zero-order valence-corrected chi connectivity index (χ0v) is 13.7. The first-order valence-corrected chi connectivity index (χ1v) is 8.96. The topological polar surface area (TPSA) is 66.6 Å². The van der Waals surface area contributed by atoms with E-state index in [9.17, 15) is 9.90 Å². The number of hydrogen-bond donors (Lipinski definition) is 2. The lowest BCUT2D eigenvalue weighted by molar-refractivity contribution is -0.138. The van der Waals surface area contributed by atoms with Crippen LogP contribution < -0.4 is 5.73 Å². The summed E-state index contributed by atoms with van der Waals surface area (Å²) < 4.78 is 0. The smallest absolute Gasteiger partial charge is 0.242 e. The lowest BCUT2D eigenvalue weighted by atomic mass is 9.92. The third-order valence-electron chi connectivity index (χ3n) is 5.22. The lowest BCUT2D eigenvalue weighted by Gasteiger charge is -2.37. The molecule has 4 heteroatoms. The molecule has 0 spiro atoms. The highest BCUT2D eigenvalue weighted by Gasteiger charge is 2.36. The normalized spacial score (nSPS) is 21.7. The maximum absolute atomic E-state index is 13.0. The van der Waals surface area contributed by atoms with Gasteiger partial charge in [0, 0.05) is 12.6 Å². The Morgan fingerprint density at radius 1 is 1.13 bits per heavy atom. The van der Waals surface area contributed by atoms with Crippen LogP contribution >= 0.6 is 0 Å². The van der Waals surface area contributed by atoms with Crippen molar-refractivity contribution in [1.82, 2.24) is 4.90 Å². The maximum atomic E-state index is 13.0. The second-order valence-corrected chi connectivity index (χ2v) is 7.11. The van der Waals surface area contributed by atoms with Crippen LogP contribution in [0.1, 0.15) is 56.6 Å². The minimum absolute atomic E-state index is 0.0832. The van der Waals surface area contributed by atoms with Crippen molar-refractivity contribution in [3.8, 4) is 0 Å². The number of rotatable bonds is 6. The van der Waals surface area contributed by atoms with Gasteiger partial charge in [0.15, 0.2) is 0 Å². The van der Waals surface area contributed by atoms with Crippen molar-refractivity contribution < 1.29 is 9.90 Å². The number of aliphatic hydroxyl groups excluding tert-OH is 1. The molecule has 0 bridgehead atoms. The fourth-order valence-electron chi connectivity index (χ4n) is 3.57. The lowest BCUT2D eigenvalue weighted by Crippen LogP contribution is -2.52. The van der Waals surface area contributed by atoms with Gasteiger partial charge in [-0.2, -0.15) is 0 Å². The minimum Gasteiger partial charge on any atom is -0.386 e. The Morgan fingerprint density at radius 2 is 1.78 bits per heavy atom. The summed E-state index contributed by atoms with van der Waals surface area (Å²) in [5, 5.41) is 10.5. The third-order valence-corrected chi connectivity index (χ3v) is 5.22. The van der Waals surface area contributed by atoms with E-state index < -0.39 is 12.1 Å². The number of benzene rings is 1. The van der Waals surface area contributed by atoms with Crippen molar-refractivity contribution in [1.29, 1.82) is 0 Å². The Morgan fingerprint density at radius 3 is 2.39 bits per heavy atom. The first-order chi connectivity index (χ1) is 11.2. The van der Waals surface area contributed by atoms with Gasteiger partial charge in [-0.05, 0) is 37.2 Å². The van der Waals surface area contributed by atoms with E-state index in [1.165, 1.54) is 32.1 Å². The molecule has 23 heavy (non-hydrogen) atoms. The number of nitrogens with zero attached hydrogens (tertiary/aromatic N) is 1. The molecule has 0 aliphatic heterocycles. The van der Waals surface area contributed by atoms with Gasteiger partial charge in [-0.1, -0.05) is 49.6 Å². The molecule has 0 heterocycles. The van der Waals surface area contributed by atoms with E-state index >= 15 is 0 Å². The van der Waals surface area contributed by atoms with E-state index in [2.05, 4.69) is 0 Å². The molecule has 2 atom stereocenters. The van der Waals surface area contributed by atoms with Crippen LogP contribution in [0.4, 0.5) is 0 Å². The number of carbonyl (C=O) groups excluding carboxylic acids is 1. The van der Waals surface area contributed by atoms with Gasteiger partial charge < -0.3 is 15.7 Å². The molecule has 3 rings (SSSR count). The Labute approximate surface area is 138 Å². The van der Waals surface area contributed by atoms with Gasteiger partial charge in [-0.3, -0.25) is 4.79 Å². The van der Waals surface area contributed by atoms with Crippen LogP contribution in [0.5, 0.6) is 0 Å². The van der Waals surface area contributed by atoms with E-state index in [0.29, 0.717) is 17.5 Å². The summed E-state index contributed by atoms with van der Waals surface area (Å²) in [6.07, 6.45) is 7.29. The molecule has 2 saturated carbocycles. The molecule has 1 amide bonds. The Balaban J connectivity index is 1.70. The molecule has 0 aromatic heterocycles. The maximum Gasteiger partial charge on any atom is 0.242 e. The van der Waals surface area contributed by atoms with Crippen LogP contribution in [-0.2, 0) is 4.79 Å². The molecule has 3 N–H and O–H groups in total. The second kappa shape index (κ2) is 7.45. The second-order valence-electron chi connectivity index (χ2n) is 7.11. The molecule has 1 aromatic rings. The van der Waals surface area contributed by atoms with E-state index in [1.54, 1.807) is 0 Å². The quantitative estimate of drug-likeness (QED) is 0.848. The molecule has 1 aromatic carbocycles. The average Bonchev–Trinajstić information content (AvgIpc) is 3.43. The zero-order valence-electron chi connectivity index (χ0n) is 13.7. The van der Waals surface area contributed by atoms with Crippen molar-refractivity contribution in [2.24, 2.45) is 11.7 Å². The van der Waals surface area contributed by atoms with E-state index in [-0.39, 0.29) is 5.91 Å². The van der Waals surface area contributed by atoms with Crippen LogP contribution in [0.2, 0.25) is 0 Å². The Kier molecular flexibility index (Phi) is 5.34. The number of aliphatic hydroxyl groups is 1. The van der Waals surface area contributed by atoms with Crippen molar-refractivity contribution in [2.45, 2.75) is 63.1 Å². The zero-order chi connectivity index (χ0) is 16.2. The number of carbonyl (C=O) groups is 1. The molecule has 4 nitrogen and oxygen atoms in total. The monoisotopic (exact) mass is 316 g/mol. The van der Waals surface area contributed by atoms with Gasteiger partial charge in [-0.25, -0.2) is 0 Å². The molecular weight excluding hydrogens is 288 g/mol. The molecule has 126 valence electrons. The first-order valence-electron chi connectivity index (χ1n) is 8.96. The summed E-state index contributed by atoms with van der Waals surface area (Å²) in [6.45, 7) is 0.818. The summed E-state index contributed by atoms with van der Waals surface area (Å²) >= 11 is 0. The van der Waals surface area contributed by atoms with Crippen LogP contribution in [0.25, 0.3) is 0 Å². The van der Waals surface area contributed by atoms with Crippen LogP contribution in [0, 0.1) is 5.92 Å². The third kappa shape index (κ3) is 4.12. The van der Waals surface area contributed by atoms with Crippen LogP contribution in [0.15, 0.2) is 30.3 Å². The fraction of sp³-hybridized carbons (Fsp3) is 0.632. The van der Waals surface area contributed by atoms with Crippen LogP contribution in [-0.4, -0.2) is 34.5 Å². The molecule has 2 aliphatic rings. The standard InChI is InChI=1S/C19H28N2O2/c20-17(18(22)15-7-3-1-4-8-15)19(23)21(13-14-11-12-14)16-9-5-2-6-10-16/h1,3-4,7-8,14,16-18,22H,2,5-6,9-13,20H2/t17-,18+/m0/s1. The summed E-state index contributed by atoms with van der Waals surface area (Å²) in [5.74, 6) is 0.557. The minimum atomic E-state index is -0.936. The van der Waals surface area contributed by atoms with E-state index in [1.807, 2.05) is 35.2 Å². The van der Waals surface area contributed by atoms with Crippen molar-refractivity contribution >= 4 is 5.91 Å².